The van der Waals surface area contributed by atoms with Crippen LogP contribution in [0.1, 0.15) is 0 Å². The Balaban J connectivity index is 2.53. The van der Waals surface area contributed by atoms with Gasteiger partial charge in [-0.25, -0.2) is 4.90 Å². The highest BCUT2D eigenvalue weighted by molar-refractivity contribution is 6.28. The fourth-order valence-electron chi connectivity index (χ4n) is 1.61. The van der Waals surface area contributed by atoms with Crippen LogP contribution in [0.5, 0.6) is 0 Å². The Labute approximate surface area is 105 Å². The van der Waals surface area contributed by atoms with E-state index in [0.29, 0.717) is 4.90 Å². The molecular weight excluding hydrogens is 258 g/mol. The molecule has 1 heterocycles. The first kappa shape index (κ1) is 12.4. The summed E-state index contributed by atoms with van der Waals surface area (Å²) in [6.07, 6.45) is 2.02. The molecule has 0 N–H and O–H groups in total. The maximum atomic E-state index is 11.4. The van der Waals surface area contributed by atoms with Gasteiger partial charge in [0, 0.05) is 24.3 Å². The molecule has 19 heavy (non-hydrogen) atoms. The lowest BCUT2D eigenvalue weighted by Crippen LogP contribution is -2.29. The van der Waals surface area contributed by atoms with Crippen molar-refractivity contribution in [3.8, 4) is 0 Å². The Morgan fingerprint density at radius 3 is 1.89 bits per heavy atom. The van der Waals surface area contributed by atoms with Gasteiger partial charge >= 0.3 is 11.4 Å². The normalized spacial score (nSPS) is 14.0. The van der Waals surface area contributed by atoms with Gasteiger partial charge in [0.05, 0.1) is 15.5 Å². The lowest BCUT2D eigenvalue weighted by Gasteiger charge is -2.13. The minimum atomic E-state index is -0.944. The number of imide groups is 1. The quantitative estimate of drug-likeness (QED) is 0.454. The number of carbonyl (C=O) groups is 2. The van der Waals surface area contributed by atoms with E-state index >= 15 is 0 Å². The molecule has 0 unspecified atom stereocenters. The summed E-state index contributed by atoms with van der Waals surface area (Å²) in [7, 11) is 0. The predicted octanol–water partition coefficient (Wildman–Crippen LogP) is 0.932. The number of hydrogen-bond donors (Lipinski definition) is 0. The van der Waals surface area contributed by atoms with Crippen LogP contribution in [0.25, 0.3) is 0 Å². The van der Waals surface area contributed by atoms with E-state index in [4.69, 9.17) is 0 Å². The molecule has 1 aromatic carbocycles. The molecule has 0 radical (unpaired) electrons. The predicted molar refractivity (Wildman–Crippen MR) is 61.4 cm³/mol. The van der Waals surface area contributed by atoms with E-state index in [1.54, 1.807) is 0 Å². The van der Waals surface area contributed by atoms with Gasteiger partial charge in [0.25, 0.3) is 11.8 Å². The van der Waals surface area contributed by atoms with Crippen LogP contribution in [-0.4, -0.2) is 21.7 Å². The fourth-order valence-corrected chi connectivity index (χ4v) is 1.61. The van der Waals surface area contributed by atoms with Gasteiger partial charge in [-0.15, -0.1) is 0 Å². The highest BCUT2D eigenvalue weighted by Crippen LogP contribution is 2.32. The van der Waals surface area contributed by atoms with Gasteiger partial charge in [0.2, 0.25) is 0 Å². The zero-order valence-corrected chi connectivity index (χ0v) is 9.18. The Bertz CT molecular complexity index is 633. The van der Waals surface area contributed by atoms with E-state index in [-0.39, 0.29) is 5.69 Å². The highest BCUT2D eigenvalue weighted by Gasteiger charge is 2.30. The van der Waals surface area contributed by atoms with Crippen molar-refractivity contribution in [1.29, 1.82) is 0 Å². The number of amides is 2. The summed E-state index contributed by atoms with van der Waals surface area (Å²) in [5, 5.41) is 21.4. The maximum absolute atomic E-state index is 11.4. The van der Waals surface area contributed by atoms with Gasteiger partial charge in [0.1, 0.15) is 0 Å². The highest BCUT2D eigenvalue weighted by atomic mass is 16.6. The fraction of sp³-hybridized carbons (Fsp3) is 0. The second-order valence-corrected chi connectivity index (χ2v) is 3.53. The van der Waals surface area contributed by atoms with Crippen LogP contribution in [0, 0.1) is 20.2 Å². The average molecular weight is 263 g/mol. The van der Waals surface area contributed by atoms with Crippen molar-refractivity contribution in [2.45, 2.75) is 0 Å². The second-order valence-electron chi connectivity index (χ2n) is 3.53. The molecule has 1 aliphatic rings. The molecule has 0 saturated carbocycles. The third-order valence-electron chi connectivity index (χ3n) is 2.42. The van der Waals surface area contributed by atoms with Crippen molar-refractivity contribution in [3.05, 3.63) is 50.6 Å². The number of rotatable bonds is 3. The Kier molecular flexibility index (Phi) is 2.79. The van der Waals surface area contributed by atoms with Crippen LogP contribution in [0.4, 0.5) is 17.1 Å². The molecule has 0 bridgehead atoms. The molecule has 0 saturated heterocycles. The van der Waals surface area contributed by atoms with Gasteiger partial charge in [-0.1, -0.05) is 0 Å². The van der Waals surface area contributed by atoms with Crippen molar-refractivity contribution in [1.82, 2.24) is 0 Å². The van der Waals surface area contributed by atoms with Crippen molar-refractivity contribution in [3.63, 3.8) is 0 Å². The van der Waals surface area contributed by atoms with E-state index in [2.05, 4.69) is 0 Å². The van der Waals surface area contributed by atoms with Crippen LogP contribution in [0.3, 0.4) is 0 Å². The van der Waals surface area contributed by atoms with E-state index in [0.717, 1.165) is 30.4 Å². The standard InChI is InChI=1S/C10H5N3O6/c14-9-3-4-10(15)11(9)6-1-2-7(12(16)17)8(5-6)13(18)19/h1-5H. The molecule has 9 nitrogen and oxygen atoms in total. The summed E-state index contributed by atoms with van der Waals surface area (Å²) in [6.45, 7) is 0. The molecule has 96 valence electrons. The monoisotopic (exact) mass is 263 g/mol. The van der Waals surface area contributed by atoms with Gasteiger partial charge in [-0.3, -0.25) is 29.8 Å². The summed E-state index contributed by atoms with van der Waals surface area (Å²) in [5.41, 5.74) is -1.58. The number of nitro groups is 2. The number of benzene rings is 1. The van der Waals surface area contributed by atoms with Crippen LogP contribution >= 0.6 is 0 Å². The van der Waals surface area contributed by atoms with Crippen molar-refractivity contribution in [2.24, 2.45) is 0 Å². The topological polar surface area (TPSA) is 124 Å². The second kappa shape index (κ2) is 4.29. The van der Waals surface area contributed by atoms with E-state index < -0.39 is 33.0 Å². The van der Waals surface area contributed by atoms with Gasteiger partial charge < -0.3 is 0 Å². The van der Waals surface area contributed by atoms with Gasteiger partial charge in [-0.05, 0) is 6.07 Å². The molecule has 2 amide bonds. The van der Waals surface area contributed by atoms with E-state index in [1.807, 2.05) is 0 Å². The van der Waals surface area contributed by atoms with Crippen molar-refractivity contribution < 1.29 is 19.4 Å². The number of nitrogens with zero attached hydrogens (tertiary/aromatic N) is 3. The molecule has 9 heteroatoms. The van der Waals surface area contributed by atoms with Gasteiger partial charge in [-0.2, -0.15) is 0 Å². The van der Waals surface area contributed by atoms with Crippen LogP contribution < -0.4 is 4.90 Å². The van der Waals surface area contributed by atoms with Crippen LogP contribution in [0.15, 0.2) is 30.4 Å². The Hall–Kier alpha value is -3.10. The first-order valence-corrected chi connectivity index (χ1v) is 4.91. The summed E-state index contributed by atoms with van der Waals surface area (Å²) < 4.78 is 0. The summed E-state index contributed by atoms with van der Waals surface area (Å²) >= 11 is 0. The molecule has 1 aliphatic heterocycles. The van der Waals surface area contributed by atoms with Crippen LogP contribution in [0.2, 0.25) is 0 Å². The Morgan fingerprint density at radius 2 is 1.42 bits per heavy atom. The molecule has 0 aromatic heterocycles. The molecule has 0 spiro atoms. The molecule has 0 aliphatic carbocycles. The first-order valence-electron chi connectivity index (χ1n) is 4.91. The lowest BCUT2D eigenvalue weighted by atomic mass is 10.2. The van der Waals surface area contributed by atoms with E-state index in [1.165, 1.54) is 0 Å². The number of nitro benzene ring substituents is 2. The first-order chi connectivity index (χ1) is 8.91. The van der Waals surface area contributed by atoms with Crippen molar-refractivity contribution >= 4 is 28.9 Å². The lowest BCUT2D eigenvalue weighted by molar-refractivity contribution is -0.422. The maximum Gasteiger partial charge on any atom is 0.348 e. The smallest absolute Gasteiger partial charge is 0.269 e. The molecular formula is C10H5N3O6. The van der Waals surface area contributed by atoms with E-state index in [9.17, 15) is 29.8 Å². The minimum Gasteiger partial charge on any atom is -0.269 e. The molecule has 1 aromatic rings. The Morgan fingerprint density at radius 1 is 0.895 bits per heavy atom. The number of hydrogen-bond acceptors (Lipinski definition) is 6. The molecule has 0 atom stereocenters. The van der Waals surface area contributed by atoms with Gasteiger partial charge in [0.15, 0.2) is 0 Å². The number of carbonyl (C=O) groups excluding carboxylic acids is 2. The summed E-state index contributed by atoms with van der Waals surface area (Å²) in [6, 6.07) is 2.81. The average Bonchev–Trinajstić information content (AvgIpc) is 2.68. The number of anilines is 1. The minimum absolute atomic E-state index is 0.0858. The summed E-state index contributed by atoms with van der Waals surface area (Å²) in [4.78, 5) is 43.0. The largest absolute Gasteiger partial charge is 0.348 e. The zero-order valence-electron chi connectivity index (χ0n) is 9.18. The van der Waals surface area contributed by atoms with Crippen LogP contribution in [-0.2, 0) is 9.59 Å². The summed E-state index contributed by atoms with van der Waals surface area (Å²) in [5.74, 6) is -1.32. The molecule has 0 fully saturated rings. The zero-order chi connectivity index (χ0) is 14.2. The van der Waals surface area contributed by atoms with Crippen molar-refractivity contribution in [2.75, 3.05) is 4.90 Å². The third kappa shape index (κ3) is 2.04. The third-order valence-corrected chi connectivity index (χ3v) is 2.42. The SMILES string of the molecule is O=C1C=CC(=O)N1c1ccc([N+](=O)[O-])c([N+](=O)[O-])c1. The molecule has 2 rings (SSSR count).